The van der Waals surface area contributed by atoms with Gasteiger partial charge in [0.25, 0.3) is 0 Å². The summed E-state index contributed by atoms with van der Waals surface area (Å²) in [7, 11) is 0. The van der Waals surface area contributed by atoms with E-state index in [2.05, 4.69) is 49.6 Å². The molecule has 1 aliphatic carbocycles. The largest absolute Gasteiger partial charge is 0.494 e. The van der Waals surface area contributed by atoms with Gasteiger partial charge in [-0.1, -0.05) is 49.8 Å². The molecule has 4 rings (SSSR count). The number of hydrogen-bond donors (Lipinski definition) is 0. The summed E-state index contributed by atoms with van der Waals surface area (Å²) < 4.78 is 17.5. The lowest BCUT2D eigenvalue weighted by Crippen LogP contribution is -2.49. The SMILES string of the molecule is C=CCOOC1CCCCCOC12CCC(c1ccc3cc(OCCCCCCOC(=O)C=C)ccc3c1)CC2. The normalized spacial score (nSPS) is 23.3. The molecule has 2 aliphatic rings. The summed E-state index contributed by atoms with van der Waals surface area (Å²) in [4.78, 5) is 22.4. The van der Waals surface area contributed by atoms with Crippen molar-refractivity contribution in [2.75, 3.05) is 26.4 Å². The molecule has 1 heterocycles. The molecule has 2 aromatic carbocycles. The van der Waals surface area contributed by atoms with Crippen LogP contribution in [0.15, 0.2) is 61.7 Å². The quantitative estimate of drug-likeness (QED) is 0.0593. The fourth-order valence-corrected chi connectivity index (χ4v) is 6.02. The van der Waals surface area contributed by atoms with Crippen LogP contribution in [0.1, 0.15) is 88.5 Å². The molecule has 1 spiro atoms. The van der Waals surface area contributed by atoms with Crippen LogP contribution >= 0.6 is 0 Å². The van der Waals surface area contributed by atoms with Crippen molar-refractivity contribution in [2.24, 2.45) is 0 Å². The Hall–Kier alpha value is -2.67. The van der Waals surface area contributed by atoms with Gasteiger partial charge in [0.15, 0.2) is 0 Å². The predicted octanol–water partition coefficient (Wildman–Crippen LogP) is 8.00. The van der Waals surface area contributed by atoms with E-state index in [9.17, 15) is 4.79 Å². The third-order valence-corrected chi connectivity index (χ3v) is 8.31. The van der Waals surface area contributed by atoms with Gasteiger partial charge >= 0.3 is 5.97 Å². The first-order chi connectivity index (χ1) is 19.6. The Morgan fingerprint density at radius 2 is 1.70 bits per heavy atom. The lowest BCUT2D eigenvalue weighted by Gasteiger charge is -2.45. The Bertz CT molecular complexity index is 1090. The van der Waals surface area contributed by atoms with Gasteiger partial charge in [0.2, 0.25) is 0 Å². The Labute approximate surface area is 239 Å². The zero-order valence-electron chi connectivity index (χ0n) is 24.0. The molecule has 218 valence electrons. The van der Waals surface area contributed by atoms with Crippen molar-refractivity contribution < 1.29 is 28.8 Å². The lowest BCUT2D eigenvalue weighted by molar-refractivity contribution is -0.356. The van der Waals surface area contributed by atoms with Crippen LogP contribution in [0, 0.1) is 0 Å². The maximum Gasteiger partial charge on any atom is 0.330 e. The fourth-order valence-electron chi connectivity index (χ4n) is 6.02. The van der Waals surface area contributed by atoms with Crippen molar-refractivity contribution in [3.63, 3.8) is 0 Å². The molecule has 0 N–H and O–H groups in total. The highest BCUT2D eigenvalue weighted by atomic mass is 17.2. The summed E-state index contributed by atoms with van der Waals surface area (Å²) in [5.41, 5.74) is 1.15. The molecule has 1 unspecified atom stereocenters. The van der Waals surface area contributed by atoms with E-state index in [1.807, 2.05) is 0 Å². The molecule has 2 aromatic rings. The number of benzene rings is 2. The first-order valence-corrected chi connectivity index (χ1v) is 15.1. The van der Waals surface area contributed by atoms with E-state index in [-0.39, 0.29) is 17.7 Å². The first-order valence-electron chi connectivity index (χ1n) is 15.1. The number of fused-ring (bicyclic) bond motifs is 1. The summed E-state index contributed by atoms with van der Waals surface area (Å²) in [6, 6.07) is 13.2. The molecule has 6 heteroatoms. The van der Waals surface area contributed by atoms with Crippen LogP contribution in [-0.2, 0) is 24.0 Å². The van der Waals surface area contributed by atoms with Crippen LogP contribution in [0.3, 0.4) is 0 Å². The average Bonchev–Trinajstić information content (AvgIpc) is 2.98. The number of carbonyl (C=O) groups excluding carboxylic acids is 1. The third-order valence-electron chi connectivity index (χ3n) is 8.31. The number of rotatable bonds is 14. The fraction of sp³-hybridized carbons (Fsp3) is 0.559. The Balaban J connectivity index is 1.26. The van der Waals surface area contributed by atoms with Gasteiger partial charge in [0, 0.05) is 12.7 Å². The van der Waals surface area contributed by atoms with Crippen molar-refractivity contribution in [3.05, 3.63) is 67.3 Å². The van der Waals surface area contributed by atoms with E-state index >= 15 is 0 Å². The second-order valence-corrected chi connectivity index (χ2v) is 11.1. The summed E-state index contributed by atoms with van der Waals surface area (Å²) in [5.74, 6) is 1.08. The maximum atomic E-state index is 11.0. The number of esters is 1. The van der Waals surface area contributed by atoms with Gasteiger partial charge in [-0.15, -0.1) is 6.58 Å². The van der Waals surface area contributed by atoms with Crippen molar-refractivity contribution in [1.29, 1.82) is 0 Å². The Morgan fingerprint density at radius 1 is 0.925 bits per heavy atom. The van der Waals surface area contributed by atoms with Crippen LogP contribution in [-0.4, -0.2) is 44.1 Å². The lowest BCUT2D eigenvalue weighted by atomic mass is 9.72. The second kappa shape index (κ2) is 15.9. The van der Waals surface area contributed by atoms with E-state index in [0.29, 0.717) is 25.7 Å². The van der Waals surface area contributed by atoms with E-state index in [1.165, 1.54) is 28.8 Å². The number of unbranched alkanes of at least 4 members (excludes halogenated alkanes) is 3. The number of hydrogen-bond acceptors (Lipinski definition) is 6. The number of carbonyl (C=O) groups is 1. The Morgan fingerprint density at radius 3 is 2.50 bits per heavy atom. The topological polar surface area (TPSA) is 63.2 Å². The van der Waals surface area contributed by atoms with Gasteiger partial charge in [-0.3, -0.25) is 0 Å². The van der Waals surface area contributed by atoms with Gasteiger partial charge in [-0.05, 0) is 98.6 Å². The highest BCUT2D eigenvalue weighted by Crippen LogP contribution is 2.45. The highest BCUT2D eigenvalue weighted by Gasteiger charge is 2.45. The maximum absolute atomic E-state index is 11.0. The van der Waals surface area contributed by atoms with Gasteiger partial charge in [-0.25, -0.2) is 14.6 Å². The smallest absolute Gasteiger partial charge is 0.330 e. The van der Waals surface area contributed by atoms with Crippen LogP contribution in [0.25, 0.3) is 10.8 Å². The molecule has 40 heavy (non-hydrogen) atoms. The minimum Gasteiger partial charge on any atom is -0.494 e. The minimum absolute atomic E-state index is 0.0225. The molecule has 0 aromatic heterocycles. The zero-order chi connectivity index (χ0) is 28.0. The van der Waals surface area contributed by atoms with Crippen LogP contribution in [0.5, 0.6) is 5.75 Å². The molecule has 0 bridgehead atoms. The zero-order valence-corrected chi connectivity index (χ0v) is 24.0. The van der Waals surface area contributed by atoms with Gasteiger partial charge in [-0.2, -0.15) is 0 Å². The first kappa shape index (κ1) is 30.3. The summed E-state index contributed by atoms with van der Waals surface area (Å²) in [5, 5.41) is 2.45. The van der Waals surface area contributed by atoms with E-state index in [4.69, 9.17) is 24.0 Å². The van der Waals surface area contributed by atoms with Crippen molar-refractivity contribution >= 4 is 16.7 Å². The molecule has 6 nitrogen and oxygen atoms in total. The van der Waals surface area contributed by atoms with E-state index in [1.54, 1.807) is 6.08 Å². The predicted molar refractivity (Wildman–Crippen MR) is 158 cm³/mol. The van der Waals surface area contributed by atoms with Gasteiger partial charge in [0.05, 0.1) is 18.8 Å². The average molecular weight is 551 g/mol. The molecule has 1 saturated carbocycles. The van der Waals surface area contributed by atoms with Crippen molar-refractivity contribution in [3.8, 4) is 5.75 Å². The number of ether oxygens (including phenoxy) is 3. The van der Waals surface area contributed by atoms with Crippen molar-refractivity contribution in [1.82, 2.24) is 0 Å². The Kier molecular flexibility index (Phi) is 12.1. The molecule has 2 fully saturated rings. The van der Waals surface area contributed by atoms with Gasteiger partial charge in [0.1, 0.15) is 18.5 Å². The molecule has 0 amide bonds. The summed E-state index contributed by atoms with van der Waals surface area (Å²) in [6.07, 6.45) is 15.4. The molecular weight excluding hydrogens is 504 g/mol. The standard InChI is InChI=1S/C34H46O6/c1-3-21-39-40-32-12-8-7-11-24-38-34(32)19-17-27(18-20-34)28-13-14-30-26-31(16-15-29(30)25-28)36-22-9-5-6-10-23-37-33(35)4-2/h3-4,13-16,25-27,32H,1-2,5-12,17-24H2. The molecule has 1 saturated heterocycles. The molecule has 0 radical (unpaired) electrons. The minimum atomic E-state index is -0.354. The van der Waals surface area contributed by atoms with E-state index < -0.39 is 0 Å². The molecule has 1 atom stereocenters. The molecule has 1 aliphatic heterocycles. The van der Waals surface area contributed by atoms with Gasteiger partial charge < -0.3 is 14.2 Å². The third kappa shape index (κ3) is 8.66. The van der Waals surface area contributed by atoms with Crippen LogP contribution in [0.4, 0.5) is 0 Å². The monoisotopic (exact) mass is 550 g/mol. The molecular formula is C34H46O6. The van der Waals surface area contributed by atoms with Crippen LogP contribution < -0.4 is 4.74 Å². The second-order valence-electron chi connectivity index (χ2n) is 11.1. The van der Waals surface area contributed by atoms with Crippen molar-refractivity contribution in [2.45, 2.75) is 94.7 Å². The van der Waals surface area contributed by atoms with Crippen LogP contribution in [0.2, 0.25) is 0 Å². The highest BCUT2D eigenvalue weighted by molar-refractivity contribution is 5.84. The van der Waals surface area contributed by atoms with E-state index in [0.717, 1.165) is 83.0 Å². The summed E-state index contributed by atoms with van der Waals surface area (Å²) >= 11 is 0. The summed E-state index contributed by atoms with van der Waals surface area (Å²) in [6.45, 7) is 9.47.